The number of hydrogen-bond acceptors (Lipinski definition) is 2. The molecule has 4 nitrogen and oxygen atoms in total. The summed E-state index contributed by atoms with van der Waals surface area (Å²) in [7, 11) is 0. The molecular formula is C44H28N4. The van der Waals surface area contributed by atoms with Gasteiger partial charge < -0.3 is 8.97 Å². The van der Waals surface area contributed by atoms with Crippen molar-refractivity contribution in [2.24, 2.45) is 0 Å². The molecule has 6 aromatic carbocycles. The van der Waals surface area contributed by atoms with Crippen molar-refractivity contribution in [2.45, 2.75) is 0 Å². The van der Waals surface area contributed by atoms with E-state index in [1.165, 1.54) is 43.7 Å². The fourth-order valence-corrected chi connectivity index (χ4v) is 7.33. The highest BCUT2D eigenvalue weighted by Gasteiger charge is 2.19. The second kappa shape index (κ2) is 10.5. The summed E-state index contributed by atoms with van der Waals surface area (Å²) in [6.07, 6.45) is 4.11. The van der Waals surface area contributed by atoms with Gasteiger partial charge in [-0.15, -0.1) is 0 Å². The molecule has 0 aliphatic carbocycles. The maximum Gasteiger partial charge on any atom is 0.137 e. The van der Waals surface area contributed by atoms with E-state index in [4.69, 9.17) is 9.97 Å². The number of aromatic nitrogens is 4. The van der Waals surface area contributed by atoms with Gasteiger partial charge in [0.1, 0.15) is 5.65 Å². The predicted octanol–water partition coefficient (Wildman–Crippen LogP) is 11.1. The van der Waals surface area contributed by atoms with Crippen LogP contribution in [-0.2, 0) is 0 Å². The number of para-hydroxylation sites is 2. The molecule has 10 aromatic rings. The summed E-state index contributed by atoms with van der Waals surface area (Å²) in [6, 6.07) is 56.0. The van der Waals surface area contributed by atoms with Gasteiger partial charge in [0, 0.05) is 56.1 Å². The second-order valence-electron chi connectivity index (χ2n) is 12.3. The molecule has 0 spiro atoms. The number of benzene rings is 6. The van der Waals surface area contributed by atoms with E-state index in [0.29, 0.717) is 0 Å². The highest BCUT2D eigenvalue weighted by Crippen LogP contribution is 2.42. The Morgan fingerprint density at radius 2 is 1.19 bits per heavy atom. The van der Waals surface area contributed by atoms with Crippen molar-refractivity contribution in [2.75, 3.05) is 0 Å². The number of pyridine rings is 2. The van der Waals surface area contributed by atoms with E-state index < -0.39 is 0 Å². The minimum absolute atomic E-state index is 0.948. The van der Waals surface area contributed by atoms with E-state index >= 15 is 0 Å². The smallest absolute Gasteiger partial charge is 0.137 e. The number of hydrogen-bond donors (Lipinski definition) is 0. The summed E-state index contributed by atoms with van der Waals surface area (Å²) >= 11 is 0. The fourth-order valence-electron chi connectivity index (χ4n) is 7.33. The molecule has 0 atom stereocenters. The zero-order valence-electron chi connectivity index (χ0n) is 26.0. The largest absolute Gasteiger partial charge is 0.309 e. The highest BCUT2D eigenvalue weighted by atomic mass is 15.0. The van der Waals surface area contributed by atoms with Gasteiger partial charge in [0.25, 0.3) is 0 Å². The zero-order valence-corrected chi connectivity index (χ0v) is 26.0. The summed E-state index contributed by atoms with van der Waals surface area (Å²) in [5, 5.41) is 6.05. The molecule has 0 aliphatic heterocycles. The molecule has 48 heavy (non-hydrogen) atoms. The van der Waals surface area contributed by atoms with Crippen LogP contribution in [0.25, 0.3) is 88.5 Å². The molecule has 0 bridgehead atoms. The number of fused-ring (bicyclic) bond motifs is 8. The Labute approximate surface area is 276 Å². The van der Waals surface area contributed by atoms with Crippen LogP contribution < -0.4 is 0 Å². The Morgan fingerprint density at radius 3 is 2.06 bits per heavy atom. The van der Waals surface area contributed by atoms with Crippen molar-refractivity contribution in [1.29, 1.82) is 0 Å². The lowest BCUT2D eigenvalue weighted by molar-refractivity contribution is 1.18. The van der Waals surface area contributed by atoms with E-state index in [-0.39, 0.29) is 0 Å². The third-order valence-electron chi connectivity index (χ3n) is 9.53. The third-order valence-corrected chi connectivity index (χ3v) is 9.53. The lowest BCUT2D eigenvalue weighted by Gasteiger charge is -2.13. The SMILES string of the molecule is c1ccc(-c2nc3ccccc3c3c2ccc2c3c3ccccc3n2-c2cccc(-c3ccc(-c4cn5ccccc5n4)cc3)c2)cc1. The van der Waals surface area contributed by atoms with Gasteiger partial charge in [0.15, 0.2) is 0 Å². The second-order valence-corrected chi connectivity index (χ2v) is 12.3. The average Bonchev–Trinajstić information content (AvgIpc) is 3.75. The van der Waals surface area contributed by atoms with Crippen LogP contribution in [0.15, 0.2) is 170 Å². The van der Waals surface area contributed by atoms with Gasteiger partial charge >= 0.3 is 0 Å². The van der Waals surface area contributed by atoms with E-state index in [1.807, 2.05) is 24.4 Å². The molecule has 4 aromatic heterocycles. The van der Waals surface area contributed by atoms with Crippen LogP contribution in [0.1, 0.15) is 0 Å². The summed E-state index contributed by atoms with van der Waals surface area (Å²) in [5.74, 6) is 0. The first kappa shape index (κ1) is 26.7. The molecule has 4 heteroatoms. The van der Waals surface area contributed by atoms with Gasteiger partial charge in [-0.25, -0.2) is 9.97 Å². The standard InChI is InChI=1S/C44H28N4/c1-2-11-31(12-3-1)44-36-24-25-40-43(42(36)34-15-4-6-17-37(34)46-44)35-16-5-7-18-39(35)48(40)33-14-10-13-32(27-33)29-20-22-30(23-21-29)38-28-47-26-9-8-19-41(47)45-38/h1-28H. The molecule has 0 saturated carbocycles. The van der Waals surface area contributed by atoms with Crippen molar-refractivity contribution in [1.82, 2.24) is 18.9 Å². The van der Waals surface area contributed by atoms with Crippen molar-refractivity contribution < 1.29 is 0 Å². The van der Waals surface area contributed by atoms with E-state index in [2.05, 4.69) is 155 Å². The van der Waals surface area contributed by atoms with Gasteiger partial charge in [-0.2, -0.15) is 0 Å². The van der Waals surface area contributed by atoms with Crippen LogP contribution in [0.3, 0.4) is 0 Å². The Kier molecular flexibility index (Phi) is 5.84. The monoisotopic (exact) mass is 612 g/mol. The normalized spacial score (nSPS) is 11.8. The summed E-state index contributed by atoms with van der Waals surface area (Å²) in [4.78, 5) is 10.0. The van der Waals surface area contributed by atoms with Gasteiger partial charge in [-0.1, -0.05) is 115 Å². The van der Waals surface area contributed by atoms with Crippen molar-refractivity contribution >= 4 is 49.1 Å². The molecular weight excluding hydrogens is 585 g/mol. The molecule has 4 heterocycles. The van der Waals surface area contributed by atoms with E-state index in [9.17, 15) is 0 Å². The average molecular weight is 613 g/mol. The number of rotatable bonds is 4. The van der Waals surface area contributed by atoms with Crippen LogP contribution in [0.5, 0.6) is 0 Å². The molecule has 0 amide bonds. The maximum absolute atomic E-state index is 5.20. The first-order chi connectivity index (χ1) is 23.8. The first-order valence-electron chi connectivity index (χ1n) is 16.3. The summed E-state index contributed by atoms with van der Waals surface area (Å²) in [6.45, 7) is 0. The van der Waals surface area contributed by atoms with Gasteiger partial charge in [-0.3, -0.25) is 0 Å². The molecule has 224 valence electrons. The lowest BCUT2D eigenvalue weighted by Crippen LogP contribution is -1.95. The van der Waals surface area contributed by atoms with Gasteiger partial charge in [-0.05, 0) is 53.6 Å². The predicted molar refractivity (Wildman–Crippen MR) is 199 cm³/mol. The van der Waals surface area contributed by atoms with Crippen LogP contribution in [0.2, 0.25) is 0 Å². The topological polar surface area (TPSA) is 35.1 Å². The minimum Gasteiger partial charge on any atom is -0.309 e. The zero-order chi connectivity index (χ0) is 31.6. The lowest BCUT2D eigenvalue weighted by atomic mass is 9.96. The van der Waals surface area contributed by atoms with Crippen molar-refractivity contribution in [3.05, 3.63) is 170 Å². The molecule has 10 rings (SSSR count). The van der Waals surface area contributed by atoms with E-state index in [1.54, 1.807) is 0 Å². The van der Waals surface area contributed by atoms with Gasteiger partial charge in [0.2, 0.25) is 0 Å². The third kappa shape index (κ3) is 4.10. The fraction of sp³-hybridized carbons (Fsp3) is 0. The Bertz CT molecular complexity index is 2790. The Balaban J connectivity index is 1.17. The molecule has 0 fully saturated rings. The van der Waals surface area contributed by atoms with Crippen LogP contribution >= 0.6 is 0 Å². The number of nitrogens with zero attached hydrogens (tertiary/aromatic N) is 4. The summed E-state index contributed by atoms with van der Waals surface area (Å²) < 4.78 is 4.47. The molecule has 0 aliphatic rings. The van der Waals surface area contributed by atoms with E-state index in [0.717, 1.165) is 44.8 Å². The molecule has 0 unspecified atom stereocenters. The van der Waals surface area contributed by atoms with Gasteiger partial charge in [0.05, 0.1) is 27.9 Å². The quantitative estimate of drug-likeness (QED) is 0.185. The van der Waals surface area contributed by atoms with Crippen molar-refractivity contribution in [3.8, 4) is 39.3 Å². The molecule has 0 N–H and O–H groups in total. The number of imidazole rings is 1. The molecule has 0 saturated heterocycles. The van der Waals surface area contributed by atoms with Crippen molar-refractivity contribution in [3.63, 3.8) is 0 Å². The van der Waals surface area contributed by atoms with Crippen LogP contribution in [-0.4, -0.2) is 18.9 Å². The minimum atomic E-state index is 0.948. The summed E-state index contributed by atoms with van der Waals surface area (Å²) in [5.41, 5.74) is 12.0. The first-order valence-corrected chi connectivity index (χ1v) is 16.3. The maximum atomic E-state index is 5.20. The van der Waals surface area contributed by atoms with Crippen LogP contribution in [0, 0.1) is 0 Å². The Morgan fingerprint density at radius 1 is 0.438 bits per heavy atom. The Hall–Kier alpha value is -6.52. The molecule has 0 radical (unpaired) electrons. The highest BCUT2D eigenvalue weighted by molar-refractivity contribution is 6.29. The van der Waals surface area contributed by atoms with Crippen LogP contribution in [0.4, 0.5) is 0 Å².